The number of benzene rings is 3. The number of anilines is 1. The average molecular weight is 473 g/mol. The molecule has 0 atom stereocenters. The summed E-state index contributed by atoms with van der Waals surface area (Å²) in [5.74, 6) is 6.38. The maximum absolute atomic E-state index is 5.72. The minimum absolute atomic E-state index is 0.328. The zero-order valence-corrected chi connectivity index (χ0v) is 19.8. The van der Waals surface area contributed by atoms with E-state index in [1.807, 2.05) is 66.7 Å². The van der Waals surface area contributed by atoms with Crippen molar-refractivity contribution >= 4 is 34.4 Å². The highest BCUT2D eigenvalue weighted by Gasteiger charge is 2.08. The fourth-order valence-electron chi connectivity index (χ4n) is 3.52. The lowest BCUT2D eigenvalue weighted by atomic mass is 10.1. The molecule has 0 aliphatic carbocycles. The van der Waals surface area contributed by atoms with E-state index >= 15 is 0 Å². The van der Waals surface area contributed by atoms with Crippen molar-refractivity contribution in [3.8, 4) is 17.0 Å². The Hall–Kier alpha value is -3.75. The van der Waals surface area contributed by atoms with Crippen LogP contribution in [0.2, 0.25) is 0 Å². The molecular formula is C26H28N6OS. The highest BCUT2D eigenvalue weighted by atomic mass is 32.2. The molecule has 0 unspecified atom stereocenters. The van der Waals surface area contributed by atoms with Crippen LogP contribution in [-0.2, 0) is 0 Å². The third kappa shape index (κ3) is 5.78. The molecule has 3 aromatic carbocycles. The molecule has 8 heteroatoms. The van der Waals surface area contributed by atoms with E-state index in [-0.39, 0.29) is 0 Å². The van der Waals surface area contributed by atoms with E-state index in [4.69, 9.17) is 21.3 Å². The Morgan fingerprint density at radius 2 is 1.76 bits per heavy atom. The molecule has 174 valence electrons. The number of ether oxygens (including phenoxy) is 1. The van der Waals surface area contributed by atoms with Gasteiger partial charge < -0.3 is 21.6 Å². The summed E-state index contributed by atoms with van der Waals surface area (Å²) in [6.07, 6.45) is 0.965. The first-order valence-electron chi connectivity index (χ1n) is 11.0. The molecule has 0 fully saturated rings. The Kier molecular flexibility index (Phi) is 7.85. The van der Waals surface area contributed by atoms with Crippen molar-refractivity contribution < 1.29 is 4.74 Å². The summed E-state index contributed by atoms with van der Waals surface area (Å²) in [5, 5.41) is 8.22. The number of nitrogens with zero attached hydrogens (tertiary/aromatic N) is 2. The number of pyridine rings is 1. The molecule has 1 aromatic heterocycles. The number of amidine groups is 1. The molecule has 0 amide bonds. The van der Waals surface area contributed by atoms with Crippen LogP contribution in [0.3, 0.4) is 0 Å². The number of fused-ring (bicyclic) bond motifs is 1. The summed E-state index contributed by atoms with van der Waals surface area (Å²) < 4.78 is 8.68. The number of nitrogens with two attached hydrogens (primary N) is 2. The Balaban J connectivity index is 1.34. The smallest absolute Gasteiger partial charge is 0.150 e. The lowest BCUT2D eigenvalue weighted by Gasteiger charge is -2.13. The highest BCUT2D eigenvalue weighted by molar-refractivity contribution is 7.97. The molecule has 1 heterocycles. The predicted octanol–water partition coefficient (Wildman–Crippen LogP) is 4.59. The van der Waals surface area contributed by atoms with E-state index in [9.17, 15) is 0 Å². The standard InChI is InChI=1S/C26H28N6OS/c1-33-20-11-7-18(8-12-20)24-17-25(22-5-2-3-6-23(22)31-24)29-15-4-16-30-34-21-13-9-19(10-14-21)26(27)32-28/h2-3,5-14,17,30H,4,15-16,28H2,1H3,(H2,27,32)(H,29,31). The van der Waals surface area contributed by atoms with Crippen LogP contribution in [0.15, 0.2) is 88.9 Å². The second-order valence-electron chi connectivity index (χ2n) is 7.62. The van der Waals surface area contributed by atoms with Crippen molar-refractivity contribution in [2.75, 3.05) is 25.5 Å². The SMILES string of the molecule is COc1ccc(-c2cc(NCCCNSc3ccc(/C(N)=N/N)cc3)c3ccccc3n2)cc1. The van der Waals surface area contributed by atoms with Crippen molar-refractivity contribution in [1.29, 1.82) is 0 Å². The molecule has 34 heavy (non-hydrogen) atoms. The maximum Gasteiger partial charge on any atom is 0.150 e. The summed E-state index contributed by atoms with van der Waals surface area (Å²) in [7, 11) is 1.67. The van der Waals surface area contributed by atoms with Crippen molar-refractivity contribution in [3.05, 3.63) is 84.4 Å². The van der Waals surface area contributed by atoms with Gasteiger partial charge in [0.15, 0.2) is 0 Å². The van der Waals surface area contributed by atoms with Gasteiger partial charge >= 0.3 is 0 Å². The molecule has 0 aliphatic rings. The van der Waals surface area contributed by atoms with Crippen LogP contribution in [0.1, 0.15) is 12.0 Å². The lowest BCUT2D eigenvalue weighted by Crippen LogP contribution is -2.15. The molecule has 6 N–H and O–H groups in total. The van der Waals surface area contributed by atoms with Gasteiger partial charge in [0, 0.05) is 40.2 Å². The van der Waals surface area contributed by atoms with Crippen molar-refractivity contribution in [3.63, 3.8) is 0 Å². The zero-order valence-electron chi connectivity index (χ0n) is 19.0. The molecule has 0 saturated carbocycles. The van der Waals surface area contributed by atoms with Gasteiger partial charge in [0.25, 0.3) is 0 Å². The van der Waals surface area contributed by atoms with E-state index < -0.39 is 0 Å². The summed E-state index contributed by atoms with van der Waals surface area (Å²) in [5.41, 5.74) is 10.6. The number of para-hydroxylation sites is 1. The van der Waals surface area contributed by atoms with Gasteiger partial charge in [-0.1, -0.05) is 30.3 Å². The minimum Gasteiger partial charge on any atom is -0.497 e. The number of aromatic nitrogens is 1. The van der Waals surface area contributed by atoms with Gasteiger partial charge in [-0.25, -0.2) is 4.98 Å². The first-order valence-corrected chi connectivity index (χ1v) is 11.8. The van der Waals surface area contributed by atoms with E-state index in [0.29, 0.717) is 5.84 Å². The van der Waals surface area contributed by atoms with E-state index in [1.165, 1.54) is 0 Å². The molecule has 4 rings (SSSR count). The van der Waals surface area contributed by atoms with Gasteiger partial charge in [-0.15, -0.1) is 0 Å². The van der Waals surface area contributed by atoms with Crippen LogP contribution in [0.4, 0.5) is 5.69 Å². The van der Waals surface area contributed by atoms with Crippen LogP contribution >= 0.6 is 11.9 Å². The summed E-state index contributed by atoms with van der Waals surface area (Å²) in [4.78, 5) is 5.96. The van der Waals surface area contributed by atoms with E-state index in [1.54, 1.807) is 19.1 Å². The second-order valence-corrected chi connectivity index (χ2v) is 8.58. The Morgan fingerprint density at radius 3 is 2.50 bits per heavy atom. The first-order chi connectivity index (χ1) is 16.7. The first kappa shape index (κ1) is 23.4. The number of hydrazone groups is 1. The van der Waals surface area contributed by atoms with Gasteiger partial charge in [-0.2, -0.15) is 5.10 Å². The third-order valence-corrected chi connectivity index (χ3v) is 6.21. The predicted molar refractivity (Wildman–Crippen MR) is 142 cm³/mol. The minimum atomic E-state index is 0.328. The van der Waals surface area contributed by atoms with E-state index in [0.717, 1.165) is 63.6 Å². The van der Waals surface area contributed by atoms with Gasteiger partial charge in [0.2, 0.25) is 0 Å². The zero-order chi connectivity index (χ0) is 23.8. The molecule has 0 radical (unpaired) electrons. The van der Waals surface area contributed by atoms with Crippen LogP contribution in [0, 0.1) is 0 Å². The second kappa shape index (κ2) is 11.4. The monoisotopic (exact) mass is 472 g/mol. The lowest BCUT2D eigenvalue weighted by molar-refractivity contribution is 0.415. The molecule has 7 nitrogen and oxygen atoms in total. The Bertz CT molecular complexity index is 1260. The Labute approximate surface area is 203 Å². The molecule has 0 spiro atoms. The van der Waals surface area contributed by atoms with Gasteiger partial charge in [-0.05, 0) is 66.9 Å². The number of hydrogen-bond donors (Lipinski definition) is 4. The number of nitrogens with one attached hydrogen (secondary N) is 2. The third-order valence-electron chi connectivity index (χ3n) is 5.35. The highest BCUT2D eigenvalue weighted by Crippen LogP contribution is 2.29. The fraction of sp³-hybridized carbons (Fsp3) is 0.154. The fourth-order valence-corrected chi connectivity index (χ4v) is 4.20. The molecule has 0 bridgehead atoms. The maximum atomic E-state index is 5.72. The van der Waals surface area contributed by atoms with Gasteiger partial charge in [0.05, 0.1) is 18.3 Å². The normalized spacial score (nSPS) is 11.5. The van der Waals surface area contributed by atoms with Crippen molar-refractivity contribution in [2.24, 2.45) is 16.7 Å². The average Bonchev–Trinajstić information content (AvgIpc) is 2.90. The van der Waals surface area contributed by atoms with Crippen molar-refractivity contribution in [2.45, 2.75) is 11.3 Å². The van der Waals surface area contributed by atoms with Crippen LogP contribution < -0.4 is 26.4 Å². The van der Waals surface area contributed by atoms with Gasteiger partial charge in [0.1, 0.15) is 11.6 Å². The van der Waals surface area contributed by atoms with Crippen LogP contribution in [-0.4, -0.2) is 31.0 Å². The summed E-state index contributed by atoms with van der Waals surface area (Å²) >= 11 is 1.59. The Morgan fingerprint density at radius 1 is 1.00 bits per heavy atom. The summed E-state index contributed by atoms with van der Waals surface area (Å²) in [6, 6.07) is 26.1. The molecule has 4 aromatic rings. The van der Waals surface area contributed by atoms with Gasteiger partial charge in [-0.3, -0.25) is 4.72 Å². The molecular weight excluding hydrogens is 444 g/mol. The van der Waals surface area contributed by atoms with Crippen molar-refractivity contribution in [1.82, 2.24) is 9.71 Å². The quantitative estimate of drug-likeness (QED) is 0.0667. The van der Waals surface area contributed by atoms with Crippen LogP contribution in [0.25, 0.3) is 22.2 Å². The number of hydrogen-bond acceptors (Lipinski definition) is 7. The largest absolute Gasteiger partial charge is 0.497 e. The molecule has 0 aliphatic heterocycles. The number of rotatable bonds is 10. The topological polar surface area (TPSA) is 111 Å². The van der Waals surface area contributed by atoms with E-state index in [2.05, 4.69) is 27.3 Å². The van der Waals surface area contributed by atoms with Crippen LogP contribution in [0.5, 0.6) is 5.75 Å². The number of methoxy groups -OCH3 is 1. The summed E-state index contributed by atoms with van der Waals surface area (Å²) in [6.45, 7) is 1.70. The molecule has 0 saturated heterocycles.